The molecule has 0 heterocycles. The van der Waals surface area contributed by atoms with Crippen LogP contribution >= 0.6 is 0 Å². The van der Waals surface area contributed by atoms with Crippen LogP contribution in [0.1, 0.15) is 78.6 Å². The fourth-order valence-corrected chi connectivity index (χ4v) is 7.53. The standard InChI is InChI=1S/C19H30O/c1-17(2)8-4-9-18(3)16(17)6-5-14-11-13-12-19(14,18)10-7-15(13)20/h13-14,16H,4-12H2,1-3H3/t13?,14?,16?,18-,19?/m0/s1. The number of ketones is 1. The van der Waals surface area contributed by atoms with E-state index in [0.717, 1.165) is 18.3 Å². The van der Waals surface area contributed by atoms with Crippen molar-refractivity contribution < 1.29 is 4.79 Å². The molecule has 20 heavy (non-hydrogen) atoms. The van der Waals surface area contributed by atoms with Gasteiger partial charge in [-0.05, 0) is 73.0 Å². The molecule has 4 rings (SSSR count). The number of hydrogen-bond acceptors (Lipinski definition) is 1. The van der Waals surface area contributed by atoms with Crippen LogP contribution in [0.4, 0.5) is 0 Å². The van der Waals surface area contributed by atoms with Gasteiger partial charge in [0.25, 0.3) is 0 Å². The summed E-state index contributed by atoms with van der Waals surface area (Å²) in [6, 6.07) is 0. The maximum absolute atomic E-state index is 12.2. The third-order valence-corrected chi connectivity index (χ3v) is 8.40. The van der Waals surface area contributed by atoms with E-state index in [1.807, 2.05) is 0 Å². The Morgan fingerprint density at radius 3 is 2.65 bits per heavy atom. The van der Waals surface area contributed by atoms with Crippen molar-refractivity contribution in [2.24, 2.45) is 34.0 Å². The minimum absolute atomic E-state index is 0.439. The van der Waals surface area contributed by atoms with Gasteiger partial charge in [-0.15, -0.1) is 0 Å². The summed E-state index contributed by atoms with van der Waals surface area (Å²) < 4.78 is 0. The summed E-state index contributed by atoms with van der Waals surface area (Å²) in [6.07, 6.45) is 11.7. The van der Waals surface area contributed by atoms with Crippen LogP contribution < -0.4 is 0 Å². The van der Waals surface area contributed by atoms with Crippen LogP contribution in [0.15, 0.2) is 0 Å². The van der Waals surface area contributed by atoms with Gasteiger partial charge in [0.05, 0.1) is 0 Å². The quantitative estimate of drug-likeness (QED) is 0.608. The number of carbonyl (C=O) groups is 1. The van der Waals surface area contributed by atoms with Crippen molar-refractivity contribution in [3.05, 3.63) is 0 Å². The van der Waals surface area contributed by atoms with Crippen LogP contribution in [0.3, 0.4) is 0 Å². The highest BCUT2D eigenvalue weighted by Gasteiger charge is 2.66. The fourth-order valence-electron chi connectivity index (χ4n) is 7.53. The zero-order valence-electron chi connectivity index (χ0n) is 13.5. The van der Waals surface area contributed by atoms with Gasteiger partial charge in [0.1, 0.15) is 5.78 Å². The van der Waals surface area contributed by atoms with Crippen LogP contribution in [0.2, 0.25) is 0 Å². The molecular weight excluding hydrogens is 244 g/mol. The fraction of sp³-hybridized carbons (Fsp3) is 0.947. The number of fused-ring (bicyclic) bond motifs is 2. The minimum Gasteiger partial charge on any atom is -0.299 e. The minimum atomic E-state index is 0.439. The van der Waals surface area contributed by atoms with Gasteiger partial charge in [-0.3, -0.25) is 4.79 Å². The molecule has 4 saturated carbocycles. The van der Waals surface area contributed by atoms with Gasteiger partial charge >= 0.3 is 0 Å². The molecular formula is C19H30O. The lowest BCUT2D eigenvalue weighted by Gasteiger charge is -2.65. The SMILES string of the molecule is CC1(C)CCC[C@@]2(C)C1CCC1CC3CC12CCC3=O. The molecule has 2 bridgehead atoms. The van der Waals surface area contributed by atoms with Crippen molar-refractivity contribution in [3.8, 4) is 0 Å². The maximum atomic E-state index is 12.2. The first-order valence-electron chi connectivity index (χ1n) is 8.92. The van der Waals surface area contributed by atoms with Crippen LogP contribution in [0.5, 0.6) is 0 Å². The third-order valence-electron chi connectivity index (χ3n) is 8.40. The second kappa shape index (κ2) is 3.90. The predicted octanol–water partition coefficient (Wildman–Crippen LogP) is 4.99. The first-order chi connectivity index (χ1) is 9.39. The lowest BCUT2D eigenvalue weighted by Crippen LogP contribution is -2.57. The van der Waals surface area contributed by atoms with E-state index in [0.29, 0.717) is 27.9 Å². The number of rotatable bonds is 0. The van der Waals surface area contributed by atoms with Crippen molar-refractivity contribution in [2.75, 3.05) is 0 Å². The lowest BCUT2D eigenvalue weighted by molar-refractivity contribution is -0.160. The molecule has 0 aliphatic heterocycles. The van der Waals surface area contributed by atoms with E-state index in [2.05, 4.69) is 20.8 Å². The second-order valence-electron chi connectivity index (χ2n) is 9.35. The number of carbonyl (C=O) groups excluding carboxylic acids is 1. The zero-order valence-corrected chi connectivity index (χ0v) is 13.5. The van der Waals surface area contributed by atoms with E-state index in [1.54, 1.807) is 0 Å². The molecule has 0 saturated heterocycles. The Morgan fingerprint density at radius 2 is 1.85 bits per heavy atom. The molecule has 4 aliphatic rings. The summed E-state index contributed by atoms with van der Waals surface area (Å²) in [5.74, 6) is 2.80. The molecule has 0 N–H and O–H groups in total. The van der Waals surface area contributed by atoms with E-state index in [1.165, 1.54) is 51.4 Å². The third kappa shape index (κ3) is 1.43. The highest BCUT2D eigenvalue weighted by Crippen LogP contribution is 2.73. The number of Topliss-reactive ketones (excluding diaryl/α,β-unsaturated/α-hetero) is 1. The zero-order chi connectivity index (χ0) is 14.2. The van der Waals surface area contributed by atoms with Crippen molar-refractivity contribution in [2.45, 2.75) is 78.6 Å². The number of hydrogen-bond donors (Lipinski definition) is 0. The molecule has 0 aromatic heterocycles. The molecule has 4 unspecified atom stereocenters. The molecule has 0 radical (unpaired) electrons. The van der Waals surface area contributed by atoms with Gasteiger partial charge in [-0.2, -0.15) is 0 Å². The molecule has 4 fully saturated rings. The van der Waals surface area contributed by atoms with Gasteiger partial charge in [0.2, 0.25) is 0 Å². The Bertz CT molecular complexity index is 451. The Balaban J connectivity index is 1.79. The van der Waals surface area contributed by atoms with E-state index >= 15 is 0 Å². The molecule has 0 aromatic carbocycles. The first kappa shape index (κ1) is 13.3. The molecule has 0 amide bonds. The van der Waals surface area contributed by atoms with E-state index in [4.69, 9.17) is 0 Å². The van der Waals surface area contributed by atoms with E-state index < -0.39 is 0 Å². The van der Waals surface area contributed by atoms with Gasteiger partial charge in [0, 0.05) is 12.3 Å². The van der Waals surface area contributed by atoms with Crippen LogP contribution in [-0.4, -0.2) is 5.78 Å². The van der Waals surface area contributed by atoms with Crippen molar-refractivity contribution in [1.29, 1.82) is 0 Å². The molecule has 5 atom stereocenters. The lowest BCUT2D eigenvalue weighted by atomic mass is 9.40. The van der Waals surface area contributed by atoms with Gasteiger partial charge in [-0.25, -0.2) is 0 Å². The summed E-state index contributed by atoms with van der Waals surface area (Å²) in [7, 11) is 0. The monoisotopic (exact) mass is 274 g/mol. The summed E-state index contributed by atoms with van der Waals surface area (Å²) in [5.41, 5.74) is 1.57. The smallest absolute Gasteiger partial charge is 0.136 e. The topological polar surface area (TPSA) is 17.1 Å². The molecule has 112 valence electrons. The molecule has 1 nitrogen and oxygen atoms in total. The average Bonchev–Trinajstić information content (AvgIpc) is 2.70. The van der Waals surface area contributed by atoms with Gasteiger partial charge < -0.3 is 0 Å². The van der Waals surface area contributed by atoms with Crippen LogP contribution in [0, 0.1) is 34.0 Å². The highest BCUT2D eigenvalue weighted by atomic mass is 16.1. The predicted molar refractivity (Wildman–Crippen MR) is 81.4 cm³/mol. The summed E-state index contributed by atoms with van der Waals surface area (Å²) >= 11 is 0. The van der Waals surface area contributed by atoms with Crippen LogP contribution in [-0.2, 0) is 4.79 Å². The molecule has 0 aromatic rings. The highest BCUT2D eigenvalue weighted by molar-refractivity contribution is 5.82. The maximum Gasteiger partial charge on any atom is 0.136 e. The Labute approximate surface area is 123 Å². The molecule has 1 heteroatoms. The summed E-state index contributed by atoms with van der Waals surface area (Å²) in [5, 5.41) is 0. The van der Waals surface area contributed by atoms with Crippen molar-refractivity contribution in [1.82, 2.24) is 0 Å². The Kier molecular flexibility index (Phi) is 2.60. The van der Waals surface area contributed by atoms with Crippen molar-refractivity contribution in [3.63, 3.8) is 0 Å². The average molecular weight is 274 g/mol. The summed E-state index contributed by atoms with van der Waals surface area (Å²) in [6.45, 7) is 7.67. The normalized spacial score (nSPS) is 53.4. The molecule has 4 aliphatic carbocycles. The molecule has 1 spiro atoms. The van der Waals surface area contributed by atoms with E-state index in [-0.39, 0.29) is 0 Å². The van der Waals surface area contributed by atoms with Crippen LogP contribution in [0.25, 0.3) is 0 Å². The Hall–Kier alpha value is -0.330. The van der Waals surface area contributed by atoms with E-state index in [9.17, 15) is 4.79 Å². The summed E-state index contributed by atoms with van der Waals surface area (Å²) in [4.78, 5) is 12.2. The van der Waals surface area contributed by atoms with Gasteiger partial charge in [0.15, 0.2) is 0 Å². The Morgan fingerprint density at radius 1 is 1.05 bits per heavy atom. The first-order valence-corrected chi connectivity index (χ1v) is 8.92. The second-order valence-corrected chi connectivity index (χ2v) is 9.35. The van der Waals surface area contributed by atoms with Crippen molar-refractivity contribution >= 4 is 5.78 Å². The largest absolute Gasteiger partial charge is 0.299 e. The van der Waals surface area contributed by atoms with Gasteiger partial charge in [-0.1, -0.05) is 27.2 Å².